The van der Waals surface area contributed by atoms with Crippen molar-refractivity contribution in [2.24, 2.45) is 17.8 Å². The summed E-state index contributed by atoms with van der Waals surface area (Å²) in [5, 5.41) is 24.3. The smallest absolute Gasteiger partial charge is 0.0721 e. The van der Waals surface area contributed by atoms with Gasteiger partial charge in [0.2, 0.25) is 0 Å². The minimum atomic E-state index is -0.364. The molecule has 4 heteroatoms. The van der Waals surface area contributed by atoms with E-state index in [0.29, 0.717) is 11.8 Å². The molecule has 1 saturated carbocycles. The predicted molar refractivity (Wildman–Crippen MR) is 123 cm³/mol. The van der Waals surface area contributed by atoms with Crippen LogP contribution in [0.3, 0.4) is 0 Å². The maximum atomic E-state index is 10.5. The molecule has 0 heterocycles. The summed E-state index contributed by atoms with van der Waals surface area (Å²) in [5.74, 6) is 1.23. The van der Waals surface area contributed by atoms with E-state index >= 15 is 0 Å². The van der Waals surface area contributed by atoms with Crippen LogP contribution in [0.1, 0.15) is 72.6 Å². The van der Waals surface area contributed by atoms with Crippen LogP contribution >= 0.6 is 0 Å². The van der Waals surface area contributed by atoms with E-state index in [1.165, 1.54) is 12.8 Å². The summed E-state index contributed by atoms with van der Waals surface area (Å²) in [7, 11) is 2.18. The Labute approximate surface area is 179 Å². The molecule has 0 unspecified atom stereocenters. The number of aliphatic hydroxyl groups excluding tert-OH is 2. The Morgan fingerprint density at radius 3 is 2.72 bits per heavy atom. The Morgan fingerprint density at radius 2 is 2.03 bits per heavy atom. The van der Waals surface area contributed by atoms with Crippen molar-refractivity contribution in [2.75, 3.05) is 26.7 Å². The monoisotopic (exact) mass is 406 g/mol. The zero-order valence-electron chi connectivity index (χ0n) is 19.5. The summed E-state index contributed by atoms with van der Waals surface area (Å²) < 4.78 is 0. The second kappa shape index (κ2) is 11.6. The van der Waals surface area contributed by atoms with Crippen LogP contribution in [0.25, 0.3) is 0 Å². The maximum absolute atomic E-state index is 10.5. The van der Waals surface area contributed by atoms with Gasteiger partial charge >= 0.3 is 0 Å². The van der Waals surface area contributed by atoms with Gasteiger partial charge in [0.1, 0.15) is 0 Å². The van der Waals surface area contributed by atoms with Crippen molar-refractivity contribution >= 4 is 0 Å². The molecule has 168 valence electrons. The molecule has 0 bridgehead atoms. The molecular weight excluding hydrogens is 360 g/mol. The molecule has 0 aliphatic heterocycles. The van der Waals surface area contributed by atoms with Crippen LogP contribution in [0.15, 0.2) is 23.8 Å². The zero-order valence-corrected chi connectivity index (χ0v) is 19.5. The van der Waals surface area contributed by atoms with Gasteiger partial charge in [-0.25, -0.2) is 0 Å². The number of allylic oxidation sites excluding steroid dienone is 1. The highest BCUT2D eigenvalue weighted by molar-refractivity contribution is 5.21. The Hall–Kier alpha value is -0.680. The highest BCUT2D eigenvalue weighted by Gasteiger charge is 2.43. The van der Waals surface area contributed by atoms with Crippen LogP contribution < -0.4 is 5.32 Å². The van der Waals surface area contributed by atoms with Crippen molar-refractivity contribution in [3.05, 3.63) is 23.8 Å². The molecule has 2 aliphatic carbocycles. The summed E-state index contributed by atoms with van der Waals surface area (Å²) in [6.07, 6.45) is 13.2. The second-order valence-electron chi connectivity index (χ2n) is 10.3. The van der Waals surface area contributed by atoms with E-state index in [0.717, 1.165) is 51.7 Å². The summed E-state index contributed by atoms with van der Waals surface area (Å²) >= 11 is 0. The lowest BCUT2D eigenvalue weighted by Crippen LogP contribution is -2.42. The van der Waals surface area contributed by atoms with Gasteiger partial charge in [0.05, 0.1) is 12.2 Å². The summed E-state index contributed by atoms with van der Waals surface area (Å²) in [6, 6.07) is 0. The van der Waals surface area contributed by atoms with Crippen molar-refractivity contribution < 1.29 is 10.2 Å². The van der Waals surface area contributed by atoms with Gasteiger partial charge in [-0.3, -0.25) is 0 Å². The van der Waals surface area contributed by atoms with Crippen molar-refractivity contribution in [1.29, 1.82) is 0 Å². The number of hydrogen-bond donors (Lipinski definition) is 3. The molecule has 2 rings (SSSR count). The number of unbranched alkanes of at least 4 members (excludes halogenated alkanes) is 2. The quantitative estimate of drug-likeness (QED) is 0.337. The van der Waals surface area contributed by atoms with Crippen molar-refractivity contribution in [1.82, 2.24) is 10.2 Å². The first-order chi connectivity index (χ1) is 13.7. The van der Waals surface area contributed by atoms with Crippen molar-refractivity contribution in [2.45, 2.75) is 90.4 Å². The number of hydrogen-bond acceptors (Lipinski definition) is 4. The Balaban J connectivity index is 1.71. The first-order valence-corrected chi connectivity index (χ1v) is 11.9. The number of nitrogens with zero attached hydrogens (tertiary/aromatic N) is 1. The van der Waals surface area contributed by atoms with E-state index in [4.69, 9.17) is 0 Å². The van der Waals surface area contributed by atoms with Crippen LogP contribution in [0, 0.1) is 17.8 Å². The van der Waals surface area contributed by atoms with Gasteiger partial charge in [-0.2, -0.15) is 0 Å². The first-order valence-electron chi connectivity index (χ1n) is 11.9. The largest absolute Gasteiger partial charge is 0.392 e. The van der Waals surface area contributed by atoms with Gasteiger partial charge in [0.15, 0.2) is 0 Å². The third-order valence-corrected chi connectivity index (χ3v) is 7.00. The fourth-order valence-corrected chi connectivity index (χ4v) is 4.70. The minimum absolute atomic E-state index is 0.197. The molecule has 1 fully saturated rings. The topological polar surface area (TPSA) is 55.7 Å². The maximum Gasteiger partial charge on any atom is 0.0721 e. The molecule has 4 nitrogen and oxygen atoms in total. The number of likely N-dealkylation sites (N-methyl/N-ethyl adjacent to an activating group) is 1. The van der Waals surface area contributed by atoms with Gasteiger partial charge < -0.3 is 20.4 Å². The average Bonchev–Trinajstić information content (AvgIpc) is 3.15. The standard InChI is InChI=1S/C25H46N2O2/c1-6-7-8-9-21(28)10-11-22-23-17-19(16-20(23)18-24(22)29)12-13-26-14-15-27(5)25(2,3)4/h10-11,16,20-24,26,28-29H,6-9,12-15,17-18H2,1-5H3/b11-10+/t20-,21-,22+,23-,24+/m0/s1. The number of nitrogens with one attached hydrogen (secondary N) is 1. The van der Waals surface area contributed by atoms with Gasteiger partial charge in [-0.05, 0) is 71.9 Å². The van der Waals surface area contributed by atoms with E-state index in [2.05, 4.69) is 57.1 Å². The number of fused-ring (bicyclic) bond motifs is 1. The lowest BCUT2D eigenvalue weighted by Gasteiger charge is -2.31. The van der Waals surface area contributed by atoms with Gasteiger partial charge in [0, 0.05) is 24.5 Å². The molecule has 0 spiro atoms. The molecule has 2 aliphatic rings. The van der Waals surface area contributed by atoms with Crippen LogP contribution in [-0.4, -0.2) is 59.5 Å². The Bertz CT molecular complexity index is 537. The van der Waals surface area contributed by atoms with Gasteiger partial charge in [-0.15, -0.1) is 0 Å². The number of aliphatic hydroxyl groups is 2. The van der Waals surface area contributed by atoms with Crippen LogP contribution in [0.4, 0.5) is 0 Å². The normalized spacial score (nSPS) is 28.3. The molecule has 0 aromatic rings. The molecule has 0 saturated heterocycles. The van der Waals surface area contributed by atoms with E-state index in [9.17, 15) is 10.2 Å². The molecule has 0 amide bonds. The first kappa shape index (κ1) is 24.6. The second-order valence-corrected chi connectivity index (χ2v) is 10.3. The molecule has 29 heavy (non-hydrogen) atoms. The number of rotatable bonds is 12. The fourth-order valence-electron chi connectivity index (χ4n) is 4.70. The lowest BCUT2D eigenvalue weighted by atomic mass is 9.88. The third-order valence-electron chi connectivity index (χ3n) is 7.00. The summed E-state index contributed by atoms with van der Waals surface area (Å²) in [4.78, 5) is 2.38. The van der Waals surface area contributed by atoms with Gasteiger partial charge in [0.25, 0.3) is 0 Å². The molecule has 0 aromatic carbocycles. The fraction of sp³-hybridized carbons (Fsp3) is 0.840. The SMILES string of the molecule is CCCCC[C@H](O)/C=C/[C@@H]1[C@H]2CC(CCNCCN(C)C(C)(C)C)=C[C@H]2C[C@H]1O. The van der Waals surface area contributed by atoms with Crippen LogP contribution in [-0.2, 0) is 0 Å². The molecule has 3 N–H and O–H groups in total. The predicted octanol–water partition coefficient (Wildman–Crippen LogP) is 4.14. The molecule has 5 atom stereocenters. The molecular formula is C25H46N2O2. The van der Waals surface area contributed by atoms with Crippen LogP contribution in [0.2, 0.25) is 0 Å². The Morgan fingerprint density at radius 1 is 1.28 bits per heavy atom. The Kier molecular flexibility index (Phi) is 9.87. The summed E-state index contributed by atoms with van der Waals surface area (Å²) in [6.45, 7) is 12.0. The lowest BCUT2D eigenvalue weighted by molar-refractivity contribution is 0.139. The summed E-state index contributed by atoms with van der Waals surface area (Å²) in [5.41, 5.74) is 1.77. The average molecular weight is 407 g/mol. The van der Waals surface area contributed by atoms with Crippen molar-refractivity contribution in [3.63, 3.8) is 0 Å². The minimum Gasteiger partial charge on any atom is -0.392 e. The third kappa shape index (κ3) is 7.82. The van der Waals surface area contributed by atoms with E-state index < -0.39 is 0 Å². The molecule has 0 aromatic heterocycles. The van der Waals surface area contributed by atoms with E-state index in [1.54, 1.807) is 5.57 Å². The van der Waals surface area contributed by atoms with Crippen LogP contribution in [0.5, 0.6) is 0 Å². The molecule has 0 radical (unpaired) electrons. The van der Waals surface area contributed by atoms with Crippen molar-refractivity contribution in [3.8, 4) is 0 Å². The highest BCUT2D eigenvalue weighted by atomic mass is 16.3. The zero-order chi connectivity index (χ0) is 21.4. The van der Waals surface area contributed by atoms with Gasteiger partial charge in [-0.1, -0.05) is 50.0 Å². The van der Waals surface area contributed by atoms with E-state index in [1.807, 2.05) is 6.08 Å². The van der Waals surface area contributed by atoms with E-state index in [-0.39, 0.29) is 23.7 Å². The highest BCUT2D eigenvalue weighted by Crippen LogP contribution is 2.47.